The molecule has 1 aromatic rings. The SMILES string of the molecule is CC(C)NC(=O)NS(=O)(=O)c1cccc(Cl)c1Cl. The first-order chi connectivity index (χ1) is 8.24. The van der Waals surface area contributed by atoms with Crippen molar-refractivity contribution >= 4 is 39.3 Å². The van der Waals surface area contributed by atoms with Crippen LogP contribution in [-0.2, 0) is 10.0 Å². The van der Waals surface area contributed by atoms with E-state index in [2.05, 4.69) is 5.32 Å². The Morgan fingerprint density at radius 1 is 1.28 bits per heavy atom. The van der Waals surface area contributed by atoms with E-state index in [1.165, 1.54) is 18.2 Å². The molecule has 0 saturated carbocycles. The number of sulfonamides is 1. The second-order valence-corrected chi connectivity index (χ2v) is 6.22. The lowest BCUT2D eigenvalue weighted by Gasteiger charge is -2.11. The molecule has 0 aliphatic heterocycles. The fourth-order valence-electron chi connectivity index (χ4n) is 1.16. The van der Waals surface area contributed by atoms with Gasteiger partial charge in [0.05, 0.1) is 10.0 Å². The van der Waals surface area contributed by atoms with Crippen LogP contribution in [0.5, 0.6) is 0 Å². The Labute approximate surface area is 116 Å². The molecular weight excluding hydrogens is 299 g/mol. The second kappa shape index (κ2) is 5.77. The number of hydrogen-bond acceptors (Lipinski definition) is 3. The third kappa shape index (κ3) is 3.76. The molecule has 0 aliphatic carbocycles. The number of carbonyl (C=O) groups excluding carboxylic acids is 1. The third-order valence-electron chi connectivity index (χ3n) is 1.85. The summed E-state index contributed by atoms with van der Waals surface area (Å²) in [6.07, 6.45) is 0. The van der Waals surface area contributed by atoms with Gasteiger partial charge in [-0.25, -0.2) is 17.9 Å². The van der Waals surface area contributed by atoms with E-state index in [-0.39, 0.29) is 21.0 Å². The molecule has 0 atom stereocenters. The van der Waals surface area contributed by atoms with E-state index in [0.717, 1.165) is 0 Å². The van der Waals surface area contributed by atoms with Gasteiger partial charge in [0.2, 0.25) is 0 Å². The van der Waals surface area contributed by atoms with Gasteiger partial charge < -0.3 is 5.32 Å². The summed E-state index contributed by atoms with van der Waals surface area (Å²) in [6.45, 7) is 3.41. The Kier molecular flexibility index (Phi) is 4.84. The van der Waals surface area contributed by atoms with Crippen LogP contribution in [0.3, 0.4) is 0 Å². The lowest BCUT2D eigenvalue weighted by atomic mass is 10.4. The molecule has 5 nitrogen and oxygen atoms in total. The lowest BCUT2D eigenvalue weighted by molar-refractivity contribution is 0.243. The molecular formula is C10H12Cl2N2O3S. The zero-order valence-corrected chi connectivity index (χ0v) is 12.0. The van der Waals surface area contributed by atoms with Crippen LogP contribution in [0.1, 0.15) is 13.8 Å². The quantitative estimate of drug-likeness (QED) is 0.900. The molecule has 0 aliphatic rings. The number of benzene rings is 1. The highest BCUT2D eigenvalue weighted by molar-refractivity contribution is 7.90. The van der Waals surface area contributed by atoms with E-state index in [4.69, 9.17) is 23.2 Å². The third-order valence-corrected chi connectivity index (χ3v) is 4.16. The first-order valence-corrected chi connectivity index (χ1v) is 7.25. The summed E-state index contributed by atoms with van der Waals surface area (Å²) >= 11 is 11.5. The molecule has 0 unspecified atom stereocenters. The molecule has 1 rings (SSSR count). The molecule has 0 aromatic heterocycles. The van der Waals surface area contributed by atoms with Crippen LogP contribution in [0.15, 0.2) is 23.1 Å². The van der Waals surface area contributed by atoms with Crippen molar-refractivity contribution in [3.8, 4) is 0 Å². The topological polar surface area (TPSA) is 75.3 Å². The molecule has 0 heterocycles. The maximum absolute atomic E-state index is 11.9. The van der Waals surface area contributed by atoms with Gasteiger partial charge in [0.15, 0.2) is 0 Å². The van der Waals surface area contributed by atoms with E-state index in [0.29, 0.717) is 0 Å². The maximum Gasteiger partial charge on any atom is 0.328 e. The number of amides is 2. The number of rotatable bonds is 3. The van der Waals surface area contributed by atoms with Gasteiger partial charge in [-0.05, 0) is 26.0 Å². The Bertz CT molecular complexity index is 558. The minimum Gasteiger partial charge on any atom is -0.335 e. The van der Waals surface area contributed by atoms with Crippen molar-refractivity contribution in [1.82, 2.24) is 10.0 Å². The van der Waals surface area contributed by atoms with E-state index in [1.807, 2.05) is 4.72 Å². The van der Waals surface area contributed by atoms with Crippen molar-refractivity contribution in [2.45, 2.75) is 24.8 Å². The summed E-state index contributed by atoms with van der Waals surface area (Å²) in [6, 6.07) is 3.15. The molecule has 100 valence electrons. The molecule has 2 N–H and O–H groups in total. The van der Waals surface area contributed by atoms with Crippen molar-refractivity contribution in [3.05, 3.63) is 28.2 Å². The molecule has 1 aromatic carbocycles. The predicted molar refractivity (Wildman–Crippen MR) is 70.5 cm³/mol. The van der Waals surface area contributed by atoms with E-state index >= 15 is 0 Å². The van der Waals surface area contributed by atoms with Crippen molar-refractivity contribution in [2.24, 2.45) is 0 Å². The molecule has 18 heavy (non-hydrogen) atoms. The average Bonchev–Trinajstić information content (AvgIpc) is 2.19. The number of halogens is 2. The molecule has 0 saturated heterocycles. The summed E-state index contributed by atoms with van der Waals surface area (Å²) in [5, 5.41) is 2.38. The summed E-state index contributed by atoms with van der Waals surface area (Å²) in [5.41, 5.74) is 0. The summed E-state index contributed by atoms with van der Waals surface area (Å²) in [4.78, 5) is 11.1. The molecule has 0 bridgehead atoms. The Hall–Kier alpha value is -0.980. The van der Waals surface area contributed by atoms with Crippen molar-refractivity contribution in [1.29, 1.82) is 0 Å². The van der Waals surface area contributed by atoms with Crippen LogP contribution >= 0.6 is 23.2 Å². The van der Waals surface area contributed by atoms with Crippen LogP contribution in [0.25, 0.3) is 0 Å². The monoisotopic (exact) mass is 310 g/mol. The van der Waals surface area contributed by atoms with E-state index in [9.17, 15) is 13.2 Å². The second-order valence-electron chi connectivity index (χ2n) is 3.79. The number of nitrogens with one attached hydrogen (secondary N) is 2. The van der Waals surface area contributed by atoms with Gasteiger partial charge in [-0.15, -0.1) is 0 Å². The van der Waals surface area contributed by atoms with Crippen LogP contribution in [-0.4, -0.2) is 20.5 Å². The summed E-state index contributed by atoms with van der Waals surface area (Å²) < 4.78 is 25.6. The zero-order valence-electron chi connectivity index (χ0n) is 9.70. The van der Waals surface area contributed by atoms with E-state index in [1.54, 1.807) is 13.8 Å². The van der Waals surface area contributed by atoms with Gasteiger partial charge >= 0.3 is 6.03 Å². The Morgan fingerprint density at radius 3 is 2.44 bits per heavy atom. The number of urea groups is 1. The van der Waals surface area contributed by atoms with Crippen LogP contribution in [0, 0.1) is 0 Å². The maximum atomic E-state index is 11.9. The number of carbonyl (C=O) groups is 1. The molecule has 8 heteroatoms. The fourth-order valence-corrected chi connectivity index (χ4v) is 2.84. The highest BCUT2D eigenvalue weighted by Crippen LogP contribution is 2.28. The van der Waals surface area contributed by atoms with E-state index < -0.39 is 16.1 Å². The Morgan fingerprint density at radius 2 is 1.89 bits per heavy atom. The lowest BCUT2D eigenvalue weighted by Crippen LogP contribution is -2.42. The fraction of sp³-hybridized carbons (Fsp3) is 0.300. The molecule has 0 spiro atoms. The Balaban J connectivity index is 3.01. The predicted octanol–water partition coefficient (Wildman–Crippen LogP) is 2.39. The number of hydrogen-bond donors (Lipinski definition) is 2. The first kappa shape index (κ1) is 15.1. The highest BCUT2D eigenvalue weighted by Gasteiger charge is 2.22. The van der Waals surface area contributed by atoms with Crippen molar-refractivity contribution < 1.29 is 13.2 Å². The van der Waals surface area contributed by atoms with Gasteiger partial charge in [-0.1, -0.05) is 29.3 Å². The largest absolute Gasteiger partial charge is 0.335 e. The van der Waals surface area contributed by atoms with Gasteiger partial charge in [-0.3, -0.25) is 0 Å². The molecule has 0 fully saturated rings. The van der Waals surface area contributed by atoms with Gasteiger partial charge in [-0.2, -0.15) is 0 Å². The minimum absolute atomic E-state index is 0.101. The summed E-state index contributed by atoms with van der Waals surface area (Å²) in [7, 11) is -4.04. The molecule has 2 amide bonds. The zero-order chi connectivity index (χ0) is 13.9. The van der Waals surface area contributed by atoms with Gasteiger partial charge in [0.25, 0.3) is 10.0 Å². The van der Waals surface area contributed by atoms with Crippen LogP contribution in [0.4, 0.5) is 4.79 Å². The highest BCUT2D eigenvalue weighted by atomic mass is 35.5. The van der Waals surface area contributed by atoms with Crippen molar-refractivity contribution in [2.75, 3.05) is 0 Å². The standard InChI is InChI=1S/C10H12Cl2N2O3S/c1-6(2)13-10(15)14-18(16,17)8-5-3-4-7(11)9(8)12/h3-6H,1-2H3,(H2,13,14,15). The smallest absolute Gasteiger partial charge is 0.328 e. The van der Waals surface area contributed by atoms with Gasteiger partial charge in [0.1, 0.15) is 4.90 Å². The van der Waals surface area contributed by atoms with Crippen molar-refractivity contribution in [3.63, 3.8) is 0 Å². The minimum atomic E-state index is -4.04. The van der Waals surface area contributed by atoms with Crippen LogP contribution < -0.4 is 10.0 Å². The first-order valence-electron chi connectivity index (χ1n) is 5.01. The average molecular weight is 311 g/mol. The summed E-state index contributed by atoms with van der Waals surface area (Å²) in [5.74, 6) is 0. The van der Waals surface area contributed by atoms with Crippen LogP contribution in [0.2, 0.25) is 10.0 Å². The normalized spacial score (nSPS) is 11.4. The van der Waals surface area contributed by atoms with Gasteiger partial charge in [0, 0.05) is 6.04 Å². The molecule has 0 radical (unpaired) electrons.